The Morgan fingerprint density at radius 1 is 1.12 bits per heavy atom. The molecule has 0 aliphatic carbocycles. The first kappa shape index (κ1) is 24.7. The molecule has 0 saturated heterocycles. The molecule has 0 unspecified atom stereocenters. The maximum atomic E-state index is 12.3. The van der Waals surface area contributed by atoms with Gasteiger partial charge in [0.1, 0.15) is 11.6 Å². The molecule has 1 amide bonds. The highest BCUT2D eigenvalue weighted by Crippen LogP contribution is 2.26. The van der Waals surface area contributed by atoms with E-state index in [1.807, 2.05) is 36.6 Å². The van der Waals surface area contributed by atoms with E-state index >= 15 is 0 Å². The third-order valence-corrected chi connectivity index (χ3v) is 6.53. The Morgan fingerprint density at radius 3 is 2.66 bits per heavy atom. The van der Waals surface area contributed by atoms with Gasteiger partial charge in [-0.1, -0.05) is 46.6 Å². The van der Waals surface area contributed by atoms with E-state index in [0.717, 1.165) is 36.5 Å². The van der Waals surface area contributed by atoms with Crippen molar-refractivity contribution >= 4 is 58.2 Å². The van der Waals surface area contributed by atoms with Crippen molar-refractivity contribution in [2.75, 3.05) is 17.7 Å². The van der Waals surface area contributed by atoms with Crippen LogP contribution in [-0.2, 0) is 17.8 Å². The Hall–Kier alpha value is -1.93. The summed E-state index contributed by atoms with van der Waals surface area (Å²) in [5, 5.41) is 13.6. The quantitative estimate of drug-likeness (QED) is 0.254. The molecule has 6 nitrogen and oxygen atoms in total. The minimum absolute atomic E-state index is 0.160. The molecule has 170 valence electrons. The van der Waals surface area contributed by atoms with Gasteiger partial charge in [-0.05, 0) is 62.2 Å². The number of ether oxygens (including phenoxy) is 1. The van der Waals surface area contributed by atoms with E-state index in [1.54, 1.807) is 18.2 Å². The number of halogens is 3. The summed E-state index contributed by atoms with van der Waals surface area (Å²) in [4.78, 5) is 12.3. The molecule has 1 heterocycles. The summed E-state index contributed by atoms with van der Waals surface area (Å²) in [6, 6.07) is 10.5. The number of aryl methyl sites for hydroxylation is 2. The van der Waals surface area contributed by atoms with Crippen molar-refractivity contribution in [3.63, 3.8) is 0 Å². The van der Waals surface area contributed by atoms with Crippen LogP contribution in [0.4, 0.5) is 5.69 Å². The van der Waals surface area contributed by atoms with E-state index in [2.05, 4.69) is 15.5 Å². The van der Waals surface area contributed by atoms with Crippen LogP contribution in [0.25, 0.3) is 0 Å². The molecule has 10 heteroatoms. The van der Waals surface area contributed by atoms with Gasteiger partial charge in [0.25, 0.3) is 0 Å². The number of benzene rings is 2. The van der Waals surface area contributed by atoms with Gasteiger partial charge in [-0.3, -0.25) is 4.79 Å². The Kier molecular flexibility index (Phi) is 9.11. The van der Waals surface area contributed by atoms with Crippen molar-refractivity contribution in [2.45, 2.75) is 38.4 Å². The second-order valence-electron chi connectivity index (χ2n) is 6.97. The average Bonchev–Trinajstić information content (AvgIpc) is 3.15. The van der Waals surface area contributed by atoms with Crippen LogP contribution in [0.5, 0.6) is 5.75 Å². The molecule has 3 rings (SSSR count). The van der Waals surface area contributed by atoms with Gasteiger partial charge < -0.3 is 14.6 Å². The molecule has 1 aromatic heterocycles. The van der Waals surface area contributed by atoms with Crippen LogP contribution in [0.15, 0.2) is 41.6 Å². The third kappa shape index (κ3) is 6.78. The number of nitrogens with one attached hydrogen (secondary N) is 1. The van der Waals surface area contributed by atoms with E-state index in [1.165, 1.54) is 11.8 Å². The molecule has 2 aromatic carbocycles. The second kappa shape index (κ2) is 11.8. The van der Waals surface area contributed by atoms with Gasteiger partial charge in [-0.15, -0.1) is 10.2 Å². The van der Waals surface area contributed by atoms with E-state index in [4.69, 9.17) is 39.5 Å². The number of carbonyl (C=O) groups excluding carboxylic acids is 1. The summed E-state index contributed by atoms with van der Waals surface area (Å²) in [5.74, 6) is 1.75. The van der Waals surface area contributed by atoms with Crippen LogP contribution in [0.1, 0.15) is 24.7 Å². The monoisotopic (exact) mass is 512 g/mol. The fraction of sp³-hybridized carbons (Fsp3) is 0.318. The van der Waals surface area contributed by atoms with E-state index in [-0.39, 0.29) is 11.7 Å². The molecule has 1 N–H and O–H groups in total. The summed E-state index contributed by atoms with van der Waals surface area (Å²) in [5.41, 5.74) is 1.60. The van der Waals surface area contributed by atoms with Gasteiger partial charge >= 0.3 is 0 Å². The molecular formula is C22H23Cl3N4O2S. The van der Waals surface area contributed by atoms with Crippen LogP contribution in [0.3, 0.4) is 0 Å². The molecule has 0 bridgehead atoms. The van der Waals surface area contributed by atoms with Crippen LogP contribution in [0, 0.1) is 6.92 Å². The number of nitrogens with zero attached hydrogens (tertiary/aromatic N) is 3. The number of aromatic nitrogens is 3. The number of anilines is 1. The summed E-state index contributed by atoms with van der Waals surface area (Å²) in [6.07, 6.45) is 1.52. The molecule has 0 radical (unpaired) electrons. The lowest BCUT2D eigenvalue weighted by molar-refractivity contribution is -0.113. The first-order chi connectivity index (χ1) is 15.4. The molecule has 0 saturated carbocycles. The SMILES string of the molecule is CCn1c(CCCOc2ccc(Cl)cc2C)nnc1SCC(=O)Nc1ccc(Cl)c(Cl)c1. The first-order valence-electron chi connectivity index (χ1n) is 10.1. The van der Waals surface area contributed by atoms with Crippen LogP contribution in [0.2, 0.25) is 15.1 Å². The minimum Gasteiger partial charge on any atom is -0.493 e. The van der Waals surface area contributed by atoms with Crippen LogP contribution < -0.4 is 10.1 Å². The topological polar surface area (TPSA) is 69.0 Å². The maximum Gasteiger partial charge on any atom is 0.234 e. The lowest BCUT2D eigenvalue weighted by Crippen LogP contribution is -2.14. The highest BCUT2D eigenvalue weighted by molar-refractivity contribution is 7.99. The van der Waals surface area contributed by atoms with Gasteiger partial charge in [0.05, 0.1) is 22.4 Å². The van der Waals surface area contributed by atoms with Crippen molar-refractivity contribution in [1.29, 1.82) is 0 Å². The number of amides is 1. The highest BCUT2D eigenvalue weighted by atomic mass is 35.5. The van der Waals surface area contributed by atoms with Gasteiger partial charge in [0.2, 0.25) is 5.91 Å². The maximum absolute atomic E-state index is 12.3. The molecule has 0 aliphatic heterocycles. The molecule has 32 heavy (non-hydrogen) atoms. The highest BCUT2D eigenvalue weighted by Gasteiger charge is 2.14. The van der Waals surface area contributed by atoms with Crippen molar-refractivity contribution in [3.05, 3.63) is 62.9 Å². The van der Waals surface area contributed by atoms with Crippen LogP contribution >= 0.6 is 46.6 Å². The van der Waals surface area contributed by atoms with E-state index in [0.29, 0.717) is 32.5 Å². The smallest absolute Gasteiger partial charge is 0.234 e. The lowest BCUT2D eigenvalue weighted by Gasteiger charge is -2.10. The third-order valence-electron chi connectivity index (χ3n) is 4.58. The standard InChI is InChI=1S/C22H23Cl3N4O2S/c1-3-29-20(5-4-10-31-19-9-6-15(23)11-14(19)2)27-28-22(29)32-13-21(30)26-16-7-8-17(24)18(25)12-16/h6-9,11-12H,3-5,10,13H2,1-2H3,(H,26,30). The van der Waals surface area contributed by atoms with Crippen molar-refractivity contribution in [3.8, 4) is 5.75 Å². The zero-order chi connectivity index (χ0) is 23.1. The summed E-state index contributed by atoms with van der Waals surface area (Å²) in [6.45, 7) is 5.28. The number of thioether (sulfide) groups is 1. The number of hydrogen-bond acceptors (Lipinski definition) is 5. The van der Waals surface area contributed by atoms with Gasteiger partial charge in [-0.25, -0.2) is 0 Å². The Bertz CT molecular complexity index is 1090. The Morgan fingerprint density at radius 2 is 1.94 bits per heavy atom. The number of carbonyl (C=O) groups is 1. The normalized spacial score (nSPS) is 10.9. The summed E-state index contributed by atoms with van der Waals surface area (Å²) in [7, 11) is 0. The number of rotatable bonds is 10. The Labute approximate surface area is 206 Å². The zero-order valence-electron chi connectivity index (χ0n) is 17.7. The van der Waals surface area contributed by atoms with Gasteiger partial charge in [0.15, 0.2) is 5.16 Å². The van der Waals surface area contributed by atoms with Gasteiger partial charge in [0, 0.05) is 23.7 Å². The van der Waals surface area contributed by atoms with Crippen molar-refractivity contribution in [1.82, 2.24) is 14.8 Å². The van der Waals surface area contributed by atoms with Gasteiger partial charge in [-0.2, -0.15) is 0 Å². The molecule has 0 spiro atoms. The van der Waals surface area contributed by atoms with E-state index < -0.39 is 0 Å². The first-order valence-corrected chi connectivity index (χ1v) is 12.2. The lowest BCUT2D eigenvalue weighted by atomic mass is 10.2. The fourth-order valence-electron chi connectivity index (χ4n) is 3.02. The molecule has 0 fully saturated rings. The fourth-order valence-corrected chi connectivity index (χ4v) is 4.36. The average molecular weight is 514 g/mol. The largest absolute Gasteiger partial charge is 0.493 e. The molecule has 3 aromatic rings. The van der Waals surface area contributed by atoms with Crippen molar-refractivity contribution in [2.24, 2.45) is 0 Å². The van der Waals surface area contributed by atoms with Crippen molar-refractivity contribution < 1.29 is 9.53 Å². The Balaban J connectivity index is 1.49. The summed E-state index contributed by atoms with van der Waals surface area (Å²) < 4.78 is 7.87. The minimum atomic E-state index is -0.160. The van der Waals surface area contributed by atoms with E-state index in [9.17, 15) is 4.79 Å². The van der Waals surface area contributed by atoms with Crippen LogP contribution in [-0.4, -0.2) is 33.0 Å². The molecular weight excluding hydrogens is 491 g/mol. The number of hydrogen-bond donors (Lipinski definition) is 1. The molecule has 0 atom stereocenters. The second-order valence-corrected chi connectivity index (χ2v) is 9.16. The predicted molar refractivity (Wildman–Crippen MR) is 132 cm³/mol. The summed E-state index contributed by atoms with van der Waals surface area (Å²) >= 11 is 19.2. The predicted octanol–water partition coefficient (Wildman–Crippen LogP) is 6.31. The zero-order valence-corrected chi connectivity index (χ0v) is 20.8. The molecule has 0 aliphatic rings.